The molecule has 2 aliphatic rings. The van der Waals surface area contributed by atoms with Crippen LogP contribution in [0.4, 0.5) is 10.6 Å². The van der Waals surface area contributed by atoms with E-state index in [1.54, 1.807) is 4.52 Å². The Bertz CT molecular complexity index is 760. The number of hydrogen-bond acceptors (Lipinski definition) is 5. The number of rotatable bonds is 3. The topological polar surface area (TPSA) is 87.5 Å². The van der Waals surface area contributed by atoms with Crippen molar-refractivity contribution in [3.05, 3.63) is 18.1 Å². The quantitative estimate of drug-likeness (QED) is 0.878. The molecule has 0 atom stereocenters. The zero-order chi connectivity index (χ0) is 17.9. The summed E-state index contributed by atoms with van der Waals surface area (Å²) in [5, 5.41) is 10.6. The number of aryl methyl sites for hydroxylation is 1. The number of nitrogens with one attached hydrogen (secondary N) is 2. The van der Waals surface area contributed by atoms with E-state index in [0.29, 0.717) is 11.8 Å². The maximum atomic E-state index is 12.2. The van der Waals surface area contributed by atoms with Gasteiger partial charge < -0.3 is 15.5 Å². The van der Waals surface area contributed by atoms with Crippen molar-refractivity contribution < 1.29 is 4.79 Å². The maximum absolute atomic E-state index is 12.2. The average molecular weight is 357 g/mol. The van der Waals surface area contributed by atoms with Gasteiger partial charge in [-0.1, -0.05) is 19.3 Å². The number of anilines is 1. The fraction of sp³-hybridized carbons (Fsp3) is 0.667. The van der Waals surface area contributed by atoms with Crippen LogP contribution in [-0.4, -0.2) is 50.8 Å². The van der Waals surface area contributed by atoms with Gasteiger partial charge in [-0.05, 0) is 32.6 Å². The van der Waals surface area contributed by atoms with E-state index in [1.165, 1.54) is 25.6 Å². The fourth-order valence-electron chi connectivity index (χ4n) is 4.05. The molecule has 3 heterocycles. The van der Waals surface area contributed by atoms with Crippen LogP contribution in [0.3, 0.4) is 0 Å². The minimum absolute atomic E-state index is 0.00577. The molecule has 0 radical (unpaired) electrons. The molecule has 1 saturated heterocycles. The van der Waals surface area contributed by atoms with Gasteiger partial charge in [0.05, 0.1) is 0 Å². The molecule has 2 fully saturated rings. The zero-order valence-corrected chi connectivity index (χ0v) is 15.3. The first-order valence-electron chi connectivity index (χ1n) is 9.68. The maximum Gasteiger partial charge on any atom is 0.315 e. The molecule has 1 saturated carbocycles. The Morgan fingerprint density at radius 3 is 2.50 bits per heavy atom. The Kier molecular flexibility index (Phi) is 4.90. The molecule has 0 aromatic carbocycles. The van der Waals surface area contributed by atoms with Crippen molar-refractivity contribution in [1.82, 2.24) is 30.2 Å². The first kappa shape index (κ1) is 17.1. The molecule has 0 bridgehead atoms. The summed E-state index contributed by atoms with van der Waals surface area (Å²) in [6.07, 6.45) is 9.37. The molecule has 1 aliphatic heterocycles. The molecule has 1 aliphatic carbocycles. The second kappa shape index (κ2) is 7.47. The summed E-state index contributed by atoms with van der Waals surface area (Å²) in [6.45, 7) is 3.74. The SMILES string of the molecule is Cc1cc(N2CCC(NC(=O)NC3CCCCC3)CC2)n2ncnc2n1. The van der Waals surface area contributed by atoms with Crippen molar-refractivity contribution in [2.45, 2.75) is 64.0 Å². The number of aromatic nitrogens is 4. The van der Waals surface area contributed by atoms with E-state index in [-0.39, 0.29) is 12.1 Å². The van der Waals surface area contributed by atoms with Gasteiger partial charge >= 0.3 is 6.03 Å². The monoisotopic (exact) mass is 357 g/mol. The van der Waals surface area contributed by atoms with Crippen molar-refractivity contribution >= 4 is 17.6 Å². The number of amides is 2. The predicted octanol–water partition coefficient (Wildman–Crippen LogP) is 2.03. The van der Waals surface area contributed by atoms with Crippen LogP contribution in [0.15, 0.2) is 12.4 Å². The van der Waals surface area contributed by atoms with Gasteiger partial charge in [0, 0.05) is 36.9 Å². The molecular weight excluding hydrogens is 330 g/mol. The number of carbonyl (C=O) groups is 1. The number of urea groups is 1. The van der Waals surface area contributed by atoms with Gasteiger partial charge in [-0.25, -0.2) is 9.78 Å². The molecule has 8 nitrogen and oxygen atoms in total. The second-order valence-electron chi connectivity index (χ2n) is 7.44. The molecule has 8 heteroatoms. The third-order valence-corrected chi connectivity index (χ3v) is 5.46. The van der Waals surface area contributed by atoms with Gasteiger partial charge in [0.15, 0.2) is 0 Å². The summed E-state index contributed by atoms with van der Waals surface area (Å²) in [5.41, 5.74) is 0.938. The molecule has 2 aromatic heterocycles. The van der Waals surface area contributed by atoms with Gasteiger partial charge in [0.1, 0.15) is 12.1 Å². The standard InChI is InChI=1S/C18H27N7O/c1-13-11-16(25-17(21-13)19-12-20-25)24-9-7-15(8-10-24)23-18(26)22-14-5-3-2-4-6-14/h11-12,14-15H,2-10H2,1H3,(H2,22,23,26). The van der Waals surface area contributed by atoms with E-state index in [9.17, 15) is 4.79 Å². The number of hydrogen-bond donors (Lipinski definition) is 2. The lowest BCUT2D eigenvalue weighted by Gasteiger charge is -2.34. The van der Waals surface area contributed by atoms with Crippen LogP contribution >= 0.6 is 0 Å². The molecule has 2 aromatic rings. The van der Waals surface area contributed by atoms with E-state index in [4.69, 9.17) is 0 Å². The van der Waals surface area contributed by atoms with Gasteiger partial charge in [-0.15, -0.1) is 0 Å². The summed E-state index contributed by atoms with van der Waals surface area (Å²) in [4.78, 5) is 23.1. The van der Waals surface area contributed by atoms with Gasteiger partial charge in [0.25, 0.3) is 5.78 Å². The Balaban J connectivity index is 1.32. The van der Waals surface area contributed by atoms with Crippen LogP contribution in [-0.2, 0) is 0 Å². The third-order valence-electron chi connectivity index (χ3n) is 5.46. The Hall–Kier alpha value is -2.38. The summed E-state index contributed by atoms with van der Waals surface area (Å²) in [5.74, 6) is 1.65. The van der Waals surface area contributed by atoms with E-state index in [0.717, 1.165) is 50.3 Å². The van der Waals surface area contributed by atoms with Crippen molar-refractivity contribution in [3.63, 3.8) is 0 Å². The van der Waals surface area contributed by atoms with E-state index in [1.807, 2.05) is 13.0 Å². The molecule has 4 rings (SSSR count). The van der Waals surface area contributed by atoms with E-state index in [2.05, 4.69) is 30.6 Å². The number of piperidine rings is 1. The van der Waals surface area contributed by atoms with Crippen molar-refractivity contribution in [1.29, 1.82) is 0 Å². The van der Waals surface area contributed by atoms with Crippen LogP contribution in [0.5, 0.6) is 0 Å². The lowest BCUT2D eigenvalue weighted by Crippen LogP contribution is -2.50. The predicted molar refractivity (Wildman–Crippen MR) is 99.3 cm³/mol. The van der Waals surface area contributed by atoms with Crippen LogP contribution < -0.4 is 15.5 Å². The van der Waals surface area contributed by atoms with Crippen molar-refractivity contribution in [3.8, 4) is 0 Å². The van der Waals surface area contributed by atoms with E-state index >= 15 is 0 Å². The molecule has 2 N–H and O–H groups in total. The van der Waals surface area contributed by atoms with E-state index < -0.39 is 0 Å². The Labute approximate surface area is 153 Å². The lowest BCUT2D eigenvalue weighted by molar-refractivity contribution is 0.226. The Morgan fingerprint density at radius 2 is 1.77 bits per heavy atom. The first-order chi connectivity index (χ1) is 12.7. The van der Waals surface area contributed by atoms with Crippen LogP contribution in [0.1, 0.15) is 50.6 Å². The van der Waals surface area contributed by atoms with Crippen LogP contribution in [0.25, 0.3) is 5.78 Å². The summed E-state index contributed by atoms with van der Waals surface area (Å²) < 4.78 is 1.79. The molecule has 0 spiro atoms. The highest BCUT2D eigenvalue weighted by molar-refractivity contribution is 5.74. The average Bonchev–Trinajstić information content (AvgIpc) is 3.11. The van der Waals surface area contributed by atoms with Gasteiger partial charge in [-0.3, -0.25) is 0 Å². The molecule has 26 heavy (non-hydrogen) atoms. The Morgan fingerprint density at radius 1 is 1.08 bits per heavy atom. The lowest BCUT2D eigenvalue weighted by atomic mass is 9.96. The number of carbonyl (C=O) groups excluding carboxylic acids is 1. The van der Waals surface area contributed by atoms with Crippen LogP contribution in [0, 0.1) is 6.92 Å². The molecule has 2 amide bonds. The molecule has 0 unspecified atom stereocenters. The molecular formula is C18H27N7O. The third kappa shape index (κ3) is 3.73. The second-order valence-corrected chi connectivity index (χ2v) is 7.44. The fourth-order valence-corrected chi connectivity index (χ4v) is 4.05. The highest BCUT2D eigenvalue weighted by Crippen LogP contribution is 2.21. The van der Waals surface area contributed by atoms with Crippen LogP contribution in [0.2, 0.25) is 0 Å². The van der Waals surface area contributed by atoms with Crippen molar-refractivity contribution in [2.24, 2.45) is 0 Å². The highest BCUT2D eigenvalue weighted by atomic mass is 16.2. The highest BCUT2D eigenvalue weighted by Gasteiger charge is 2.24. The summed E-state index contributed by atoms with van der Waals surface area (Å²) in [6, 6.07) is 2.62. The zero-order valence-electron chi connectivity index (χ0n) is 15.3. The normalized spacial score (nSPS) is 19.7. The smallest absolute Gasteiger partial charge is 0.315 e. The van der Waals surface area contributed by atoms with Gasteiger partial charge in [-0.2, -0.15) is 14.6 Å². The molecule has 140 valence electrons. The van der Waals surface area contributed by atoms with Crippen molar-refractivity contribution in [2.75, 3.05) is 18.0 Å². The van der Waals surface area contributed by atoms with Gasteiger partial charge in [0.2, 0.25) is 0 Å². The number of nitrogens with zero attached hydrogens (tertiary/aromatic N) is 5. The largest absolute Gasteiger partial charge is 0.356 e. The summed E-state index contributed by atoms with van der Waals surface area (Å²) in [7, 11) is 0. The first-order valence-corrected chi connectivity index (χ1v) is 9.68. The summed E-state index contributed by atoms with van der Waals surface area (Å²) >= 11 is 0. The number of fused-ring (bicyclic) bond motifs is 1. The minimum atomic E-state index is -0.00577. The minimum Gasteiger partial charge on any atom is -0.356 e.